The first-order valence-electron chi connectivity index (χ1n) is 8.38. The molecule has 3 rings (SSSR count). The van der Waals surface area contributed by atoms with Gasteiger partial charge in [-0.15, -0.1) is 0 Å². The zero-order valence-corrected chi connectivity index (χ0v) is 15.3. The Kier molecular flexibility index (Phi) is 5.23. The Balaban J connectivity index is 1.87. The normalized spacial score (nSPS) is 20.6. The minimum Gasteiger partial charge on any atom is -0.493 e. The molecule has 24 heavy (non-hydrogen) atoms. The Morgan fingerprint density at radius 1 is 1.29 bits per heavy atom. The van der Waals surface area contributed by atoms with Gasteiger partial charge in [-0.2, -0.15) is 0 Å². The predicted molar refractivity (Wildman–Crippen MR) is 95.5 cm³/mol. The van der Waals surface area contributed by atoms with Gasteiger partial charge in [-0.1, -0.05) is 35.2 Å². The topological polar surface area (TPSA) is 58.6 Å². The molecule has 1 aromatic rings. The lowest BCUT2D eigenvalue weighted by Gasteiger charge is -2.28. The molecule has 2 fully saturated rings. The molecule has 0 atom stereocenters. The van der Waals surface area contributed by atoms with Crippen molar-refractivity contribution >= 4 is 33.9 Å². The van der Waals surface area contributed by atoms with Crippen LogP contribution in [0.25, 0.3) is 6.08 Å². The molecular weight excluding hydrogens is 372 g/mol. The monoisotopic (exact) mass is 392 g/mol. The number of halogens is 1. The predicted octanol–water partition coefficient (Wildman–Crippen LogP) is 4.07. The van der Waals surface area contributed by atoms with E-state index in [0.717, 1.165) is 35.7 Å². The molecule has 1 heterocycles. The average molecular weight is 393 g/mol. The fraction of sp³-hybridized carbons (Fsp3) is 0.444. The van der Waals surface area contributed by atoms with Crippen molar-refractivity contribution < 1.29 is 14.3 Å². The second kappa shape index (κ2) is 7.38. The van der Waals surface area contributed by atoms with Crippen molar-refractivity contribution in [2.75, 3.05) is 6.61 Å². The van der Waals surface area contributed by atoms with Gasteiger partial charge in [0.1, 0.15) is 11.4 Å². The molecule has 0 bridgehead atoms. The summed E-state index contributed by atoms with van der Waals surface area (Å²) in [5.41, 5.74) is 1.07. The standard InChI is InChI=1S/C18H21BrN2O3/c1-2-24-16-9-8-13(19)10-12(16)11-15-17(22)21(18(23)20-15)14-6-4-3-5-7-14/h8-11,14H,2-7H2,1H3,(H,20,23)/b15-11-. The summed E-state index contributed by atoms with van der Waals surface area (Å²) < 4.78 is 6.49. The van der Waals surface area contributed by atoms with Gasteiger partial charge >= 0.3 is 6.03 Å². The van der Waals surface area contributed by atoms with Crippen LogP contribution in [0.1, 0.15) is 44.6 Å². The van der Waals surface area contributed by atoms with E-state index in [9.17, 15) is 9.59 Å². The van der Waals surface area contributed by atoms with E-state index < -0.39 is 0 Å². The largest absolute Gasteiger partial charge is 0.493 e. The molecule has 0 unspecified atom stereocenters. The Bertz CT molecular complexity index is 681. The van der Waals surface area contributed by atoms with Gasteiger partial charge in [0, 0.05) is 16.1 Å². The van der Waals surface area contributed by atoms with Crippen molar-refractivity contribution in [3.05, 3.63) is 33.9 Å². The van der Waals surface area contributed by atoms with E-state index in [1.165, 1.54) is 11.3 Å². The molecule has 1 N–H and O–H groups in total. The van der Waals surface area contributed by atoms with Gasteiger partial charge in [0.15, 0.2) is 0 Å². The highest BCUT2D eigenvalue weighted by Crippen LogP contribution is 2.29. The molecule has 0 spiro atoms. The molecular formula is C18H21BrN2O3. The minimum absolute atomic E-state index is 0.0195. The number of amides is 3. The molecule has 6 heteroatoms. The molecule has 0 radical (unpaired) electrons. The summed E-state index contributed by atoms with van der Waals surface area (Å²) in [6, 6.07) is 5.31. The highest BCUT2D eigenvalue weighted by Gasteiger charge is 2.39. The van der Waals surface area contributed by atoms with Crippen LogP contribution in [0.4, 0.5) is 4.79 Å². The second-order valence-electron chi connectivity index (χ2n) is 6.07. The fourth-order valence-electron chi connectivity index (χ4n) is 3.29. The van der Waals surface area contributed by atoms with E-state index >= 15 is 0 Å². The summed E-state index contributed by atoms with van der Waals surface area (Å²) in [5, 5.41) is 2.72. The molecule has 128 valence electrons. The molecule has 1 aromatic carbocycles. The number of ether oxygens (including phenoxy) is 1. The van der Waals surface area contributed by atoms with Crippen molar-refractivity contribution in [2.24, 2.45) is 0 Å². The zero-order valence-electron chi connectivity index (χ0n) is 13.7. The molecule has 1 saturated heterocycles. The van der Waals surface area contributed by atoms with Crippen LogP contribution in [0.2, 0.25) is 0 Å². The SMILES string of the molecule is CCOc1ccc(Br)cc1/C=C1\NC(=O)N(C2CCCCC2)C1=O. The number of nitrogens with one attached hydrogen (secondary N) is 1. The van der Waals surface area contributed by atoms with Gasteiger partial charge in [-0.05, 0) is 44.0 Å². The second-order valence-corrected chi connectivity index (χ2v) is 6.99. The number of imide groups is 1. The van der Waals surface area contributed by atoms with E-state index in [4.69, 9.17) is 4.74 Å². The van der Waals surface area contributed by atoms with Gasteiger partial charge in [-0.25, -0.2) is 4.79 Å². The quantitative estimate of drug-likeness (QED) is 0.620. The van der Waals surface area contributed by atoms with Crippen molar-refractivity contribution in [3.8, 4) is 5.75 Å². The van der Waals surface area contributed by atoms with Crippen molar-refractivity contribution in [2.45, 2.75) is 45.1 Å². The smallest absolute Gasteiger partial charge is 0.329 e. The minimum atomic E-state index is -0.314. The third kappa shape index (κ3) is 3.48. The first-order chi connectivity index (χ1) is 11.6. The number of benzene rings is 1. The van der Waals surface area contributed by atoms with Gasteiger partial charge in [0.2, 0.25) is 0 Å². The average Bonchev–Trinajstić information content (AvgIpc) is 2.85. The number of carbonyl (C=O) groups excluding carboxylic acids is 2. The maximum Gasteiger partial charge on any atom is 0.329 e. The number of carbonyl (C=O) groups is 2. The first kappa shape index (κ1) is 17.0. The van der Waals surface area contributed by atoms with Crippen molar-refractivity contribution in [1.29, 1.82) is 0 Å². The number of hydrogen-bond donors (Lipinski definition) is 1. The molecule has 3 amide bonds. The summed E-state index contributed by atoms with van der Waals surface area (Å²) in [6.45, 7) is 2.44. The van der Waals surface area contributed by atoms with E-state index in [0.29, 0.717) is 18.1 Å². The van der Waals surface area contributed by atoms with E-state index in [1.54, 1.807) is 6.08 Å². The Morgan fingerprint density at radius 2 is 2.04 bits per heavy atom. The summed E-state index contributed by atoms with van der Waals surface area (Å²) in [6.07, 6.45) is 6.81. The van der Waals surface area contributed by atoms with Gasteiger partial charge in [0.05, 0.1) is 6.61 Å². The maximum atomic E-state index is 12.7. The third-order valence-electron chi connectivity index (χ3n) is 4.42. The van der Waals surface area contributed by atoms with Crippen molar-refractivity contribution in [3.63, 3.8) is 0 Å². The zero-order chi connectivity index (χ0) is 17.1. The first-order valence-corrected chi connectivity index (χ1v) is 9.18. The van der Waals surface area contributed by atoms with Crippen LogP contribution in [-0.2, 0) is 4.79 Å². The lowest BCUT2D eigenvalue weighted by molar-refractivity contribution is -0.124. The van der Waals surface area contributed by atoms with Crippen LogP contribution in [-0.4, -0.2) is 29.5 Å². The van der Waals surface area contributed by atoms with Crippen molar-refractivity contribution in [1.82, 2.24) is 10.2 Å². The third-order valence-corrected chi connectivity index (χ3v) is 4.91. The van der Waals surface area contributed by atoms with E-state index in [-0.39, 0.29) is 18.0 Å². The molecule has 1 aliphatic heterocycles. The number of rotatable bonds is 4. The molecule has 2 aliphatic rings. The Labute approximate surface area is 150 Å². The fourth-order valence-corrected chi connectivity index (χ4v) is 3.67. The molecule has 0 aromatic heterocycles. The van der Waals surface area contributed by atoms with Crippen LogP contribution in [0, 0.1) is 0 Å². The summed E-state index contributed by atoms with van der Waals surface area (Å²) in [5.74, 6) is 0.445. The van der Waals surface area contributed by atoms with Crippen LogP contribution in [0.5, 0.6) is 5.75 Å². The Morgan fingerprint density at radius 3 is 2.75 bits per heavy atom. The lowest BCUT2D eigenvalue weighted by atomic mass is 9.94. The number of hydrogen-bond acceptors (Lipinski definition) is 3. The summed E-state index contributed by atoms with van der Waals surface area (Å²) in [7, 11) is 0. The molecule has 1 aliphatic carbocycles. The lowest BCUT2D eigenvalue weighted by Crippen LogP contribution is -2.41. The van der Waals surface area contributed by atoms with Gasteiger partial charge < -0.3 is 10.1 Å². The molecule has 5 nitrogen and oxygen atoms in total. The van der Waals surface area contributed by atoms with E-state index in [2.05, 4.69) is 21.2 Å². The summed E-state index contributed by atoms with van der Waals surface area (Å²) >= 11 is 3.43. The van der Waals surface area contributed by atoms with Crippen LogP contribution >= 0.6 is 15.9 Å². The summed E-state index contributed by atoms with van der Waals surface area (Å²) in [4.78, 5) is 26.4. The van der Waals surface area contributed by atoms with Crippen LogP contribution in [0.3, 0.4) is 0 Å². The van der Waals surface area contributed by atoms with Crippen LogP contribution < -0.4 is 10.1 Å². The highest BCUT2D eigenvalue weighted by atomic mass is 79.9. The number of urea groups is 1. The van der Waals surface area contributed by atoms with Gasteiger partial charge in [0.25, 0.3) is 5.91 Å². The Hall–Kier alpha value is -1.82. The highest BCUT2D eigenvalue weighted by molar-refractivity contribution is 9.10. The van der Waals surface area contributed by atoms with Gasteiger partial charge in [-0.3, -0.25) is 9.69 Å². The van der Waals surface area contributed by atoms with Crippen LogP contribution in [0.15, 0.2) is 28.4 Å². The number of nitrogens with zero attached hydrogens (tertiary/aromatic N) is 1. The molecule has 1 saturated carbocycles. The maximum absolute atomic E-state index is 12.7. The van der Waals surface area contributed by atoms with E-state index in [1.807, 2.05) is 25.1 Å².